The predicted octanol–water partition coefficient (Wildman–Crippen LogP) is 4.25. The summed E-state index contributed by atoms with van der Waals surface area (Å²) in [6.45, 7) is 6.86. The highest BCUT2D eigenvalue weighted by Gasteiger charge is 2.36. The van der Waals surface area contributed by atoms with Crippen LogP contribution in [0.1, 0.15) is 61.4 Å². The second-order valence-electron chi connectivity index (χ2n) is 9.33. The molecule has 5 rings (SSSR count). The summed E-state index contributed by atoms with van der Waals surface area (Å²) in [5.41, 5.74) is 5.19. The van der Waals surface area contributed by atoms with E-state index in [0.717, 1.165) is 60.9 Å². The minimum absolute atomic E-state index is 0.00176. The molecule has 4 heterocycles. The summed E-state index contributed by atoms with van der Waals surface area (Å²) in [4.78, 5) is 27.3. The smallest absolute Gasteiger partial charge is 0.230 e. The number of hydrogen-bond donors (Lipinski definition) is 0. The molecule has 33 heavy (non-hydrogen) atoms. The highest BCUT2D eigenvalue weighted by molar-refractivity contribution is 5.84. The van der Waals surface area contributed by atoms with Crippen LogP contribution in [-0.4, -0.2) is 50.2 Å². The van der Waals surface area contributed by atoms with Crippen LogP contribution >= 0.6 is 0 Å². The van der Waals surface area contributed by atoms with E-state index in [0.29, 0.717) is 0 Å². The molecule has 1 aromatic carbocycles. The highest BCUT2D eigenvalue weighted by Crippen LogP contribution is 2.39. The van der Waals surface area contributed by atoms with Gasteiger partial charge >= 0.3 is 0 Å². The van der Waals surface area contributed by atoms with Crippen molar-refractivity contribution in [1.82, 2.24) is 24.6 Å². The van der Waals surface area contributed by atoms with Crippen molar-refractivity contribution >= 4 is 11.9 Å². The summed E-state index contributed by atoms with van der Waals surface area (Å²) in [6, 6.07) is 10.2. The van der Waals surface area contributed by atoms with Crippen molar-refractivity contribution in [3.05, 3.63) is 59.5 Å². The second-order valence-corrected chi connectivity index (χ2v) is 9.33. The molecule has 2 atom stereocenters. The van der Waals surface area contributed by atoms with Crippen LogP contribution in [0, 0.1) is 6.92 Å². The molecule has 0 unspecified atom stereocenters. The predicted molar refractivity (Wildman–Crippen MR) is 129 cm³/mol. The van der Waals surface area contributed by atoms with Gasteiger partial charge in [0, 0.05) is 38.4 Å². The van der Waals surface area contributed by atoms with Gasteiger partial charge in [-0.05, 0) is 51.2 Å². The molecule has 2 saturated heterocycles. The van der Waals surface area contributed by atoms with Crippen LogP contribution in [0.25, 0.3) is 11.3 Å². The van der Waals surface area contributed by atoms with E-state index in [1.54, 1.807) is 0 Å². The molecule has 0 radical (unpaired) electrons. The van der Waals surface area contributed by atoms with Gasteiger partial charge in [-0.3, -0.25) is 9.48 Å². The van der Waals surface area contributed by atoms with Crippen molar-refractivity contribution in [3.8, 4) is 11.3 Å². The maximum atomic E-state index is 13.6. The summed E-state index contributed by atoms with van der Waals surface area (Å²) >= 11 is 0. The van der Waals surface area contributed by atoms with Gasteiger partial charge in [0.2, 0.25) is 11.9 Å². The minimum Gasteiger partial charge on any atom is -0.341 e. The number of amides is 1. The molecule has 0 bridgehead atoms. The number of benzene rings is 1. The monoisotopic (exact) mass is 444 g/mol. The lowest BCUT2D eigenvalue weighted by Crippen LogP contribution is -2.34. The molecule has 0 aliphatic carbocycles. The van der Waals surface area contributed by atoms with E-state index in [-0.39, 0.29) is 17.9 Å². The average Bonchev–Trinajstić information content (AvgIpc) is 3.59. The summed E-state index contributed by atoms with van der Waals surface area (Å²) < 4.78 is 1.92. The third kappa shape index (κ3) is 4.12. The first-order valence-corrected chi connectivity index (χ1v) is 12.0. The quantitative estimate of drug-likeness (QED) is 0.588. The van der Waals surface area contributed by atoms with Gasteiger partial charge in [0.15, 0.2) is 0 Å². The molecule has 1 amide bonds. The maximum absolute atomic E-state index is 13.6. The largest absolute Gasteiger partial charge is 0.341 e. The molecule has 0 spiro atoms. The Morgan fingerprint density at radius 2 is 1.82 bits per heavy atom. The van der Waals surface area contributed by atoms with E-state index < -0.39 is 0 Å². The Hall–Kier alpha value is -3.22. The average molecular weight is 445 g/mol. The van der Waals surface area contributed by atoms with Gasteiger partial charge in [0.05, 0.1) is 29.5 Å². The van der Waals surface area contributed by atoms with Crippen LogP contribution in [0.4, 0.5) is 5.95 Å². The lowest BCUT2D eigenvalue weighted by atomic mass is 9.97. The van der Waals surface area contributed by atoms with Crippen molar-refractivity contribution < 1.29 is 4.79 Å². The summed E-state index contributed by atoms with van der Waals surface area (Å²) in [7, 11) is 1.96. The third-order valence-electron chi connectivity index (χ3n) is 7.09. The number of rotatable bonds is 5. The van der Waals surface area contributed by atoms with Gasteiger partial charge < -0.3 is 9.80 Å². The van der Waals surface area contributed by atoms with Crippen molar-refractivity contribution in [2.24, 2.45) is 7.05 Å². The molecule has 2 fully saturated rings. The molecule has 172 valence electrons. The number of hydrogen-bond acceptors (Lipinski definition) is 5. The van der Waals surface area contributed by atoms with Crippen LogP contribution in [-0.2, 0) is 11.8 Å². The van der Waals surface area contributed by atoms with Gasteiger partial charge in [0.25, 0.3) is 0 Å². The SMILES string of the molecule is Cc1ccc([C@H](C)C(=O)N2CCC[C@H]2c2c(-c3ccnc(N4CCCC4)n3)cnn2C)cc1. The number of aromatic nitrogens is 4. The molecule has 3 aromatic rings. The van der Waals surface area contributed by atoms with Crippen molar-refractivity contribution in [2.45, 2.75) is 51.5 Å². The lowest BCUT2D eigenvalue weighted by molar-refractivity contribution is -0.133. The summed E-state index contributed by atoms with van der Waals surface area (Å²) in [6.07, 6.45) is 8.01. The maximum Gasteiger partial charge on any atom is 0.230 e. The van der Waals surface area contributed by atoms with Gasteiger partial charge in [0.1, 0.15) is 0 Å². The van der Waals surface area contributed by atoms with Crippen LogP contribution in [0.2, 0.25) is 0 Å². The second kappa shape index (κ2) is 8.96. The Morgan fingerprint density at radius 1 is 1.06 bits per heavy atom. The topological polar surface area (TPSA) is 67.2 Å². The fourth-order valence-electron chi connectivity index (χ4n) is 5.17. The van der Waals surface area contributed by atoms with Crippen LogP contribution in [0.5, 0.6) is 0 Å². The molecular weight excluding hydrogens is 412 g/mol. The van der Waals surface area contributed by atoms with Crippen molar-refractivity contribution in [2.75, 3.05) is 24.5 Å². The van der Waals surface area contributed by atoms with Crippen LogP contribution < -0.4 is 4.90 Å². The Morgan fingerprint density at radius 3 is 2.58 bits per heavy atom. The molecule has 2 aromatic heterocycles. The number of aryl methyl sites for hydroxylation is 2. The van der Waals surface area contributed by atoms with Gasteiger partial charge in [-0.2, -0.15) is 5.10 Å². The number of likely N-dealkylation sites (tertiary alicyclic amines) is 1. The molecule has 0 N–H and O–H groups in total. The minimum atomic E-state index is -0.177. The normalized spacial score (nSPS) is 19.3. The van der Waals surface area contributed by atoms with E-state index in [1.807, 2.05) is 42.0 Å². The first-order chi connectivity index (χ1) is 16.0. The Bertz CT molecular complexity index is 1130. The zero-order valence-corrected chi connectivity index (χ0v) is 19.7. The highest BCUT2D eigenvalue weighted by atomic mass is 16.2. The number of carbonyl (C=O) groups excluding carboxylic acids is 1. The fourth-order valence-corrected chi connectivity index (χ4v) is 5.17. The van der Waals surface area contributed by atoms with Crippen molar-refractivity contribution in [1.29, 1.82) is 0 Å². The van der Waals surface area contributed by atoms with E-state index in [1.165, 1.54) is 18.4 Å². The Kier molecular flexibility index (Phi) is 5.87. The molecule has 2 aliphatic heterocycles. The fraction of sp³-hybridized carbons (Fsp3) is 0.462. The van der Waals surface area contributed by atoms with Crippen molar-refractivity contribution in [3.63, 3.8) is 0 Å². The van der Waals surface area contributed by atoms with E-state index in [4.69, 9.17) is 4.98 Å². The Labute approximate surface area is 195 Å². The first-order valence-electron chi connectivity index (χ1n) is 12.0. The third-order valence-corrected chi connectivity index (χ3v) is 7.09. The van der Waals surface area contributed by atoms with E-state index in [2.05, 4.69) is 46.2 Å². The van der Waals surface area contributed by atoms with Gasteiger partial charge in [-0.25, -0.2) is 9.97 Å². The zero-order chi connectivity index (χ0) is 22.9. The summed E-state index contributed by atoms with van der Waals surface area (Å²) in [5, 5.41) is 4.58. The Balaban J connectivity index is 1.45. The van der Waals surface area contributed by atoms with Gasteiger partial charge in [-0.15, -0.1) is 0 Å². The molecule has 7 heteroatoms. The zero-order valence-electron chi connectivity index (χ0n) is 19.7. The van der Waals surface area contributed by atoms with Crippen LogP contribution in [0.3, 0.4) is 0 Å². The first kappa shape index (κ1) is 21.6. The standard InChI is InChI=1S/C26H32N6O/c1-18-8-10-20(11-9-18)19(2)25(33)32-16-6-7-23(32)24-21(17-28-30(24)3)22-12-13-27-26(29-22)31-14-4-5-15-31/h8-13,17,19,23H,4-7,14-16H2,1-3H3/t19-,23-/m0/s1. The number of carbonyl (C=O) groups is 1. The molecule has 2 aliphatic rings. The van der Waals surface area contributed by atoms with Gasteiger partial charge in [-0.1, -0.05) is 29.8 Å². The summed E-state index contributed by atoms with van der Waals surface area (Å²) in [5.74, 6) is 0.782. The number of nitrogens with zero attached hydrogens (tertiary/aromatic N) is 6. The molecular formula is C26H32N6O. The molecule has 7 nitrogen and oxygen atoms in total. The van der Waals surface area contributed by atoms with E-state index in [9.17, 15) is 4.79 Å². The van der Waals surface area contributed by atoms with Crippen LogP contribution in [0.15, 0.2) is 42.7 Å². The lowest BCUT2D eigenvalue weighted by Gasteiger charge is -2.28. The number of anilines is 1. The van der Waals surface area contributed by atoms with E-state index >= 15 is 0 Å². The molecule has 0 saturated carbocycles.